The number of hydrogen-bond acceptors (Lipinski definition) is 4. The molecule has 1 aromatic carbocycles. The van der Waals surface area contributed by atoms with Crippen molar-refractivity contribution in [2.75, 3.05) is 11.1 Å². The Bertz CT molecular complexity index is 615. The second-order valence-electron chi connectivity index (χ2n) is 4.75. The highest BCUT2D eigenvalue weighted by atomic mass is 32.2. The molecule has 1 atom stereocenters. The number of nitrogens with one attached hydrogen (secondary N) is 1. The van der Waals surface area contributed by atoms with Gasteiger partial charge in [-0.15, -0.1) is 0 Å². The van der Waals surface area contributed by atoms with Gasteiger partial charge in [0.2, 0.25) is 0 Å². The Morgan fingerprint density at radius 1 is 1.39 bits per heavy atom. The number of nitrogens with zero attached hydrogens (tertiary/aromatic N) is 1. The molecular formula is C13H16N2O2S. The molecule has 1 aliphatic heterocycles. The van der Waals surface area contributed by atoms with Crippen LogP contribution in [0.3, 0.4) is 0 Å². The quantitative estimate of drug-likeness (QED) is 0.888. The Labute approximate surface area is 108 Å². The maximum absolute atomic E-state index is 12.2. The maximum atomic E-state index is 12.2. The van der Waals surface area contributed by atoms with E-state index in [0.29, 0.717) is 23.4 Å². The third-order valence-corrected chi connectivity index (χ3v) is 5.16. The summed E-state index contributed by atoms with van der Waals surface area (Å²) in [5.74, 6) is 0.0736. The molecule has 1 N–H and O–H groups in total. The summed E-state index contributed by atoms with van der Waals surface area (Å²) in [7, 11) is -3.23. The van der Waals surface area contributed by atoms with Crippen molar-refractivity contribution in [2.45, 2.75) is 37.6 Å². The van der Waals surface area contributed by atoms with Gasteiger partial charge < -0.3 is 5.32 Å². The van der Waals surface area contributed by atoms with Gasteiger partial charge in [0, 0.05) is 12.5 Å². The number of benzene rings is 1. The summed E-state index contributed by atoms with van der Waals surface area (Å²) in [5.41, 5.74) is 2.72. The van der Waals surface area contributed by atoms with Crippen LogP contribution in [0, 0.1) is 25.2 Å². The predicted molar refractivity (Wildman–Crippen MR) is 70.2 cm³/mol. The number of rotatable bonds is 2. The van der Waals surface area contributed by atoms with E-state index < -0.39 is 9.84 Å². The highest BCUT2D eigenvalue weighted by Gasteiger charge is 2.30. The van der Waals surface area contributed by atoms with Crippen LogP contribution < -0.4 is 5.32 Å². The molecule has 1 aromatic rings. The van der Waals surface area contributed by atoms with E-state index in [4.69, 9.17) is 5.26 Å². The lowest BCUT2D eigenvalue weighted by molar-refractivity contribution is 0.580. The number of anilines is 1. The van der Waals surface area contributed by atoms with E-state index in [1.807, 2.05) is 19.9 Å². The fourth-order valence-corrected chi connectivity index (χ4v) is 3.94. The lowest BCUT2D eigenvalue weighted by Gasteiger charge is -2.27. The summed E-state index contributed by atoms with van der Waals surface area (Å²) >= 11 is 0. The summed E-state index contributed by atoms with van der Waals surface area (Å²) in [6.45, 7) is 3.87. The van der Waals surface area contributed by atoms with Crippen LogP contribution in [0.5, 0.6) is 0 Å². The highest BCUT2D eigenvalue weighted by molar-refractivity contribution is 7.91. The summed E-state index contributed by atoms with van der Waals surface area (Å²) in [6, 6.07) is 5.49. The molecule has 4 nitrogen and oxygen atoms in total. The molecule has 1 aliphatic rings. The van der Waals surface area contributed by atoms with Crippen molar-refractivity contribution in [3.8, 4) is 6.07 Å². The van der Waals surface area contributed by atoms with Gasteiger partial charge in [0.05, 0.1) is 22.4 Å². The number of aryl methyl sites for hydroxylation is 2. The van der Waals surface area contributed by atoms with Crippen molar-refractivity contribution in [3.05, 3.63) is 23.3 Å². The van der Waals surface area contributed by atoms with E-state index in [0.717, 1.165) is 11.1 Å². The van der Waals surface area contributed by atoms with E-state index in [1.165, 1.54) is 0 Å². The Morgan fingerprint density at radius 3 is 2.72 bits per heavy atom. The van der Waals surface area contributed by atoms with E-state index in [2.05, 4.69) is 11.4 Å². The molecule has 0 saturated heterocycles. The van der Waals surface area contributed by atoms with Crippen LogP contribution >= 0.6 is 0 Å². The van der Waals surface area contributed by atoms with Crippen molar-refractivity contribution < 1.29 is 8.42 Å². The smallest absolute Gasteiger partial charge is 0.182 e. The van der Waals surface area contributed by atoms with Crippen molar-refractivity contribution >= 4 is 15.5 Å². The fourth-order valence-electron chi connectivity index (χ4n) is 2.17. The van der Waals surface area contributed by atoms with Gasteiger partial charge in [-0.3, -0.25) is 0 Å². The van der Waals surface area contributed by atoms with Crippen LogP contribution in [0.15, 0.2) is 17.0 Å². The van der Waals surface area contributed by atoms with Gasteiger partial charge in [-0.05, 0) is 43.5 Å². The van der Waals surface area contributed by atoms with Gasteiger partial charge in [0.15, 0.2) is 9.84 Å². The minimum atomic E-state index is -3.23. The Balaban J connectivity index is 2.41. The number of sulfone groups is 1. The average Bonchev–Trinajstić information content (AvgIpc) is 2.28. The monoisotopic (exact) mass is 264 g/mol. The molecule has 0 radical (unpaired) electrons. The molecule has 0 aromatic heterocycles. The molecule has 2 rings (SSSR count). The zero-order chi connectivity index (χ0) is 13.3. The predicted octanol–water partition coefficient (Wildman–Crippen LogP) is 2.18. The van der Waals surface area contributed by atoms with Gasteiger partial charge >= 0.3 is 0 Å². The highest BCUT2D eigenvalue weighted by Crippen LogP contribution is 2.32. The van der Waals surface area contributed by atoms with Crippen LogP contribution in [0.1, 0.15) is 24.0 Å². The summed E-state index contributed by atoms with van der Waals surface area (Å²) in [6.07, 6.45) is 0.926. The molecule has 1 unspecified atom stereocenters. The molecule has 96 valence electrons. The van der Waals surface area contributed by atoms with Gasteiger partial charge in [-0.2, -0.15) is 5.26 Å². The number of hydrogen-bond donors (Lipinski definition) is 1. The molecule has 0 bridgehead atoms. The van der Waals surface area contributed by atoms with Crippen LogP contribution in [0.4, 0.5) is 5.69 Å². The first-order valence-electron chi connectivity index (χ1n) is 5.91. The van der Waals surface area contributed by atoms with E-state index >= 15 is 0 Å². The number of nitriles is 1. The molecular weight excluding hydrogens is 248 g/mol. The van der Waals surface area contributed by atoms with Crippen LogP contribution in [-0.2, 0) is 9.84 Å². The van der Waals surface area contributed by atoms with E-state index in [9.17, 15) is 8.42 Å². The Kier molecular flexibility index (Phi) is 3.31. The molecule has 0 spiro atoms. The summed E-state index contributed by atoms with van der Waals surface area (Å²) in [5, 5.41) is 11.8. The molecule has 0 aliphatic carbocycles. The molecule has 0 saturated carbocycles. The minimum Gasteiger partial charge on any atom is -0.380 e. The van der Waals surface area contributed by atoms with Gasteiger partial charge in [0.1, 0.15) is 0 Å². The third-order valence-electron chi connectivity index (χ3n) is 3.32. The summed E-state index contributed by atoms with van der Waals surface area (Å²) in [4.78, 5) is 0.388. The van der Waals surface area contributed by atoms with Crippen molar-refractivity contribution in [1.29, 1.82) is 5.26 Å². The van der Waals surface area contributed by atoms with Gasteiger partial charge in [-0.1, -0.05) is 0 Å². The summed E-state index contributed by atoms with van der Waals surface area (Å²) < 4.78 is 24.4. The molecule has 0 fully saturated rings. The second kappa shape index (κ2) is 4.62. The fraction of sp³-hybridized carbons (Fsp3) is 0.462. The van der Waals surface area contributed by atoms with Gasteiger partial charge in [-0.25, -0.2) is 8.42 Å². The first-order valence-corrected chi connectivity index (χ1v) is 7.57. The van der Waals surface area contributed by atoms with E-state index in [1.54, 1.807) is 6.07 Å². The van der Waals surface area contributed by atoms with Crippen molar-refractivity contribution in [1.82, 2.24) is 0 Å². The average molecular weight is 264 g/mol. The van der Waals surface area contributed by atoms with Crippen LogP contribution in [-0.4, -0.2) is 20.2 Å². The normalized spacial score (nSPS) is 20.6. The second-order valence-corrected chi connectivity index (χ2v) is 6.75. The number of fused-ring (bicyclic) bond motifs is 1. The standard InChI is InChI=1S/C13H16N2O2S/c1-9-6-12-13(7-10(9)2)18(16,17)8-11(15-12)4-3-5-14/h6-7,11,15H,3-4,8H2,1-2H3. The first kappa shape index (κ1) is 12.9. The molecule has 1 heterocycles. The third kappa shape index (κ3) is 2.34. The lowest BCUT2D eigenvalue weighted by atomic mass is 10.1. The lowest BCUT2D eigenvalue weighted by Crippen LogP contribution is -2.34. The molecule has 18 heavy (non-hydrogen) atoms. The maximum Gasteiger partial charge on any atom is 0.182 e. The largest absolute Gasteiger partial charge is 0.380 e. The zero-order valence-electron chi connectivity index (χ0n) is 10.5. The van der Waals surface area contributed by atoms with Crippen LogP contribution in [0.25, 0.3) is 0 Å². The first-order chi connectivity index (χ1) is 8.44. The van der Waals surface area contributed by atoms with Crippen molar-refractivity contribution in [3.63, 3.8) is 0 Å². The topological polar surface area (TPSA) is 70.0 Å². The van der Waals surface area contributed by atoms with Crippen LogP contribution in [0.2, 0.25) is 0 Å². The Hall–Kier alpha value is -1.54. The van der Waals surface area contributed by atoms with Gasteiger partial charge in [0.25, 0.3) is 0 Å². The van der Waals surface area contributed by atoms with E-state index in [-0.39, 0.29) is 11.8 Å². The minimum absolute atomic E-state index is 0.0736. The SMILES string of the molecule is Cc1cc2c(cc1C)S(=O)(=O)CC(CCC#N)N2. The zero-order valence-corrected chi connectivity index (χ0v) is 11.3. The Morgan fingerprint density at radius 2 is 2.06 bits per heavy atom. The molecule has 0 amide bonds. The van der Waals surface area contributed by atoms with Crippen molar-refractivity contribution in [2.24, 2.45) is 0 Å². The molecule has 5 heteroatoms.